The van der Waals surface area contributed by atoms with E-state index in [-0.39, 0.29) is 22.2 Å². The summed E-state index contributed by atoms with van der Waals surface area (Å²) >= 11 is 8.56. The number of carbonyl (C=O) groups is 2. The topological polar surface area (TPSA) is 78.9 Å². The molecule has 0 bridgehead atoms. The van der Waals surface area contributed by atoms with Crippen LogP contribution in [-0.2, 0) is 9.59 Å². The van der Waals surface area contributed by atoms with E-state index in [1.165, 1.54) is 17.0 Å². The van der Waals surface area contributed by atoms with Gasteiger partial charge >= 0.3 is 0 Å². The molecule has 28 heavy (non-hydrogen) atoms. The minimum absolute atomic E-state index is 0.0289. The van der Waals surface area contributed by atoms with Gasteiger partial charge in [-0.05, 0) is 61.5 Å². The van der Waals surface area contributed by atoms with Crippen molar-refractivity contribution in [3.05, 3.63) is 57.6 Å². The Balaban J connectivity index is 2.07. The minimum atomic E-state index is -0.585. The van der Waals surface area contributed by atoms with Crippen molar-refractivity contribution in [2.45, 2.75) is 13.8 Å². The molecule has 2 amide bonds. The second-order valence-electron chi connectivity index (χ2n) is 6.02. The van der Waals surface area contributed by atoms with Gasteiger partial charge in [0.15, 0.2) is 16.6 Å². The predicted molar refractivity (Wildman–Crippen MR) is 114 cm³/mol. The molecule has 144 valence electrons. The summed E-state index contributed by atoms with van der Waals surface area (Å²) in [5.74, 6) is -0.899. The Bertz CT molecular complexity index is 1020. The first kappa shape index (κ1) is 20.0. The van der Waals surface area contributed by atoms with Gasteiger partial charge in [0.05, 0.1) is 12.3 Å². The molecule has 1 aliphatic rings. The zero-order valence-corrected chi connectivity index (χ0v) is 17.6. The fourth-order valence-corrected chi connectivity index (χ4v) is 3.51. The number of thiocarbonyl (C=S) groups is 1. The van der Waals surface area contributed by atoms with Crippen molar-refractivity contribution in [1.29, 1.82) is 0 Å². The highest BCUT2D eigenvalue weighted by Gasteiger charge is 2.35. The molecule has 0 atom stereocenters. The first-order valence-corrected chi connectivity index (χ1v) is 9.66. The van der Waals surface area contributed by atoms with Gasteiger partial charge in [-0.2, -0.15) is 0 Å². The van der Waals surface area contributed by atoms with Crippen molar-refractivity contribution in [3.63, 3.8) is 0 Å². The number of phenolic OH excluding ortho intramolecular Hbond substituents is 1. The van der Waals surface area contributed by atoms with Crippen LogP contribution in [0.3, 0.4) is 0 Å². The van der Waals surface area contributed by atoms with E-state index in [2.05, 4.69) is 21.2 Å². The van der Waals surface area contributed by atoms with E-state index in [0.29, 0.717) is 22.3 Å². The molecule has 0 spiro atoms. The zero-order valence-electron chi connectivity index (χ0n) is 15.2. The number of hydrogen-bond acceptors (Lipinski definition) is 5. The lowest BCUT2D eigenvalue weighted by Crippen LogP contribution is -2.54. The average Bonchev–Trinajstić information content (AvgIpc) is 2.63. The third kappa shape index (κ3) is 3.79. The van der Waals surface area contributed by atoms with Gasteiger partial charge in [0, 0.05) is 4.47 Å². The molecule has 1 aliphatic heterocycles. The molecule has 2 N–H and O–H groups in total. The first-order chi connectivity index (χ1) is 13.3. The van der Waals surface area contributed by atoms with Crippen molar-refractivity contribution in [2.75, 3.05) is 11.5 Å². The van der Waals surface area contributed by atoms with E-state index in [9.17, 15) is 14.7 Å². The van der Waals surface area contributed by atoms with Crippen LogP contribution >= 0.6 is 28.1 Å². The summed E-state index contributed by atoms with van der Waals surface area (Å²) in [4.78, 5) is 26.9. The molecular formula is C20H17BrN2O4S. The maximum Gasteiger partial charge on any atom is 0.270 e. The first-order valence-electron chi connectivity index (χ1n) is 8.46. The fraction of sp³-hybridized carbons (Fsp3) is 0.150. The van der Waals surface area contributed by atoms with Crippen molar-refractivity contribution in [3.8, 4) is 11.5 Å². The summed E-state index contributed by atoms with van der Waals surface area (Å²) in [6.07, 6.45) is 1.44. The number of carbonyl (C=O) groups excluding carboxylic acids is 2. The van der Waals surface area contributed by atoms with Crippen molar-refractivity contribution >= 4 is 56.8 Å². The lowest BCUT2D eigenvalue weighted by Gasteiger charge is -2.30. The zero-order chi connectivity index (χ0) is 20.4. The number of halogens is 1. The van der Waals surface area contributed by atoms with Gasteiger partial charge in [-0.15, -0.1) is 0 Å². The van der Waals surface area contributed by atoms with Crippen LogP contribution in [0.5, 0.6) is 11.5 Å². The molecule has 0 radical (unpaired) electrons. The number of aryl methyl sites for hydroxylation is 1. The Labute approximate surface area is 175 Å². The van der Waals surface area contributed by atoms with Crippen LogP contribution in [0.1, 0.15) is 18.1 Å². The smallest absolute Gasteiger partial charge is 0.270 e. The standard InChI is InChI=1S/C20H17BrN2O4S/c1-3-27-17-9-12(14(21)10-16(17)24)8-13-18(25)22-20(28)23(19(13)26)15-7-5-4-6-11(15)2/h4-10,24H,3H2,1-2H3,(H,22,25,28)/b13-8+. The second-order valence-corrected chi connectivity index (χ2v) is 7.26. The van der Waals surface area contributed by atoms with E-state index in [0.717, 1.165) is 5.56 Å². The number of nitrogens with one attached hydrogen (secondary N) is 1. The van der Waals surface area contributed by atoms with Crippen molar-refractivity contribution in [2.24, 2.45) is 0 Å². The molecule has 6 nitrogen and oxygen atoms in total. The van der Waals surface area contributed by atoms with Gasteiger partial charge in [-0.1, -0.05) is 34.1 Å². The molecule has 0 saturated carbocycles. The minimum Gasteiger partial charge on any atom is -0.504 e. The van der Waals surface area contributed by atoms with Crippen LogP contribution in [0.25, 0.3) is 6.08 Å². The molecule has 2 aromatic carbocycles. The lowest BCUT2D eigenvalue weighted by atomic mass is 10.1. The maximum atomic E-state index is 13.1. The Morgan fingerprint density at radius 1 is 1.29 bits per heavy atom. The number of benzene rings is 2. The van der Waals surface area contributed by atoms with Gasteiger partial charge in [0.25, 0.3) is 11.8 Å². The molecule has 1 fully saturated rings. The molecule has 1 saturated heterocycles. The van der Waals surface area contributed by atoms with Crippen LogP contribution in [-0.4, -0.2) is 28.6 Å². The number of anilines is 1. The largest absolute Gasteiger partial charge is 0.504 e. The third-order valence-corrected chi connectivity index (χ3v) is 5.11. The van der Waals surface area contributed by atoms with E-state index in [4.69, 9.17) is 17.0 Å². The monoisotopic (exact) mass is 460 g/mol. The highest BCUT2D eigenvalue weighted by molar-refractivity contribution is 9.10. The molecule has 0 unspecified atom stereocenters. The number of ether oxygens (including phenoxy) is 1. The number of nitrogens with zero attached hydrogens (tertiary/aromatic N) is 1. The average molecular weight is 461 g/mol. The summed E-state index contributed by atoms with van der Waals surface area (Å²) in [7, 11) is 0. The molecule has 0 aliphatic carbocycles. The Kier molecular flexibility index (Phi) is 5.81. The van der Waals surface area contributed by atoms with Crippen LogP contribution < -0.4 is 15.0 Å². The second kappa shape index (κ2) is 8.12. The molecule has 3 rings (SSSR count). The van der Waals surface area contributed by atoms with E-state index >= 15 is 0 Å². The lowest BCUT2D eigenvalue weighted by molar-refractivity contribution is -0.122. The Hall–Kier alpha value is -2.71. The summed E-state index contributed by atoms with van der Waals surface area (Å²) < 4.78 is 5.89. The molecule has 2 aromatic rings. The number of phenols is 1. The van der Waals surface area contributed by atoms with E-state index in [1.807, 2.05) is 19.1 Å². The number of amides is 2. The molecule has 0 aromatic heterocycles. The highest BCUT2D eigenvalue weighted by atomic mass is 79.9. The summed E-state index contributed by atoms with van der Waals surface area (Å²) in [6, 6.07) is 10.3. The van der Waals surface area contributed by atoms with Gasteiger partial charge in [0.1, 0.15) is 5.57 Å². The Morgan fingerprint density at radius 3 is 2.68 bits per heavy atom. The van der Waals surface area contributed by atoms with E-state index < -0.39 is 11.8 Å². The quantitative estimate of drug-likeness (QED) is 0.413. The number of aromatic hydroxyl groups is 1. The fourth-order valence-electron chi connectivity index (χ4n) is 2.79. The van der Waals surface area contributed by atoms with Crippen molar-refractivity contribution in [1.82, 2.24) is 5.32 Å². The normalized spacial score (nSPS) is 15.8. The number of para-hydroxylation sites is 1. The summed E-state index contributed by atoms with van der Waals surface area (Å²) in [5.41, 5.74) is 1.88. The van der Waals surface area contributed by atoms with Crippen molar-refractivity contribution < 1.29 is 19.4 Å². The Morgan fingerprint density at radius 2 is 2.00 bits per heavy atom. The van der Waals surface area contributed by atoms with E-state index in [1.54, 1.807) is 25.1 Å². The van der Waals surface area contributed by atoms with Gasteiger partial charge in [-0.25, -0.2) is 0 Å². The summed E-state index contributed by atoms with van der Waals surface area (Å²) in [5, 5.41) is 12.6. The number of hydrogen-bond donors (Lipinski definition) is 2. The predicted octanol–water partition coefficient (Wildman–Crippen LogP) is 3.69. The molecule has 1 heterocycles. The third-order valence-electron chi connectivity index (χ3n) is 4.14. The maximum absolute atomic E-state index is 13.1. The SMILES string of the molecule is CCOc1cc(/C=C2\C(=O)NC(=S)N(c3ccccc3C)C2=O)c(Br)cc1O. The molecular weight excluding hydrogens is 444 g/mol. The van der Waals surface area contributed by atoms with Gasteiger partial charge in [-0.3, -0.25) is 19.8 Å². The van der Waals surface area contributed by atoms with Crippen LogP contribution in [0.2, 0.25) is 0 Å². The van der Waals surface area contributed by atoms with Crippen LogP contribution in [0.4, 0.5) is 5.69 Å². The number of rotatable bonds is 4. The highest BCUT2D eigenvalue weighted by Crippen LogP contribution is 2.34. The molecule has 8 heteroatoms. The summed E-state index contributed by atoms with van der Waals surface area (Å²) in [6.45, 7) is 4.01. The van der Waals surface area contributed by atoms with Crippen LogP contribution in [0.15, 0.2) is 46.4 Å². The van der Waals surface area contributed by atoms with Crippen LogP contribution in [0, 0.1) is 6.92 Å². The van der Waals surface area contributed by atoms with Gasteiger partial charge < -0.3 is 9.84 Å². The van der Waals surface area contributed by atoms with Gasteiger partial charge in [0.2, 0.25) is 0 Å².